The minimum absolute atomic E-state index is 0.0105. The SMILES string of the molecule is CCCCCCCCCCC(=O)C1=NC(O)(CCCCC(=O)O)C=C1. The number of carbonyl (C=O) groups is 2. The normalized spacial score (nSPS) is 19.2. The van der Waals surface area contributed by atoms with E-state index in [0.717, 1.165) is 12.8 Å². The first-order chi connectivity index (χ1) is 12.0. The van der Waals surface area contributed by atoms with Crippen LogP contribution in [0.5, 0.6) is 0 Å². The van der Waals surface area contributed by atoms with Crippen molar-refractivity contribution in [3.63, 3.8) is 0 Å². The summed E-state index contributed by atoms with van der Waals surface area (Å²) >= 11 is 0. The maximum atomic E-state index is 12.2. The Morgan fingerprint density at radius 1 is 0.960 bits per heavy atom. The Labute approximate surface area is 151 Å². The first kappa shape index (κ1) is 21.6. The van der Waals surface area contributed by atoms with Gasteiger partial charge in [-0.05, 0) is 31.4 Å². The second-order valence-electron chi connectivity index (χ2n) is 6.96. The van der Waals surface area contributed by atoms with Crippen molar-refractivity contribution in [2.45, 2.75) is 96.1 Å². The zero-order chi connectivity index (χ0) is 18.5. The summed E-state index contributed by atoms with van der Waals surface area (Å²) in [4.78, 5) is 26.8. The molecule has 0 saturated heterocycles. The van der Waals surface area contributed by atoms with Crippen molar-refractivity contribution in [3.8, 4) is 0 Å². The molecule has 0 aromatic heterocycles. The van der Waals surface area contributed by atoms with Crippen molar-refractivity contribution in [3.05, 3.63) is 12.2 Å². The molecule has 5 nitrogen and oxygen atoms in total. The van der Waals surface area contributed by atoms with Crippen LogP contribution in [0.25, 0.3) is 0 Å². The molecule has 0 fully saturated rings. The minimum Gasteiger partial charge on any atom is -0.481 e. The second kappa shape index (κ2) is 12.0. The predicted molar refractivity (Wildman–Crippen MR) is 99.9 cm³/mol. The van der Waals surface area contributed by atoms with Gasteiger partial charge in [0.2, 0.25) is 0 Å². The summed E-state index contributed by atoms with van der Waals surface area (Å²) in [5, 5.41) is 18.9. The van der Waals surface area contributed by atoms with E-state index in [1.165, 1.54) is 38.5 Å². The van der Waals surface area contributed by atoms with Gasteiger partial charge >= 0.3 is 5.97 Å². The summed E-state index contributed by atoms with van der Waals surface area (Å²) in [6, 6.07) is 0. The highest BCUT2D eigenvalue weighted by Gasteiger charge is 2.28. The van der Waals surface area contributed by atoms with Crippen LogP contribution in [0.3, 0.4) is 0 Å². The van der Waals surface area contributed by atoms with Crippen LogP contribution in [0.4, 0.5) is 0 Å². The number of carboxylic acids is 1. The van der Waals surface area contributed by atoms with Gasteiger partial charge in [0.1, 0.15) is 5.71 Å². The quantitative estimate of drug-likeness (QED) is 0.427. The Kier molecular flexibility index (Phi) is 10.3. The van der Waals surface area contributed by atoms with E-state index in [1.54, 1.807) is 12.2 Å². The summed E-state index contributed by atoms with van der Waals surface area (Å²) in [5.74, 6) is -0.845. The van der Waals surface area contributed by atoms with Crippen molar-refractivity contribution in [1.82, 2.24) is 0 Å². The highest BCUT2D eigenvalue weighted by Crippen LogP contribution is 2.24. The molecule has 142 valence electrons. The lowest BCUT2D eigenvalue weighted by molar-refractivity contribution is -0.137. The third kappa shape index (κ3) is 9.54. The Morgan fingerprint density at radius 3 is 2.20 bits per heavy atom. The third-order valence-electron chi connectivity index (χ3n) is 4.55. The van der Waals surface area contributed by atoms with E-state index in [1.807, 2.05) is 0 Å². The molecule has 2 N–H and O–H groups in total. The van der Waals surface area contributed by atoms with Crippen molar-refractivity contribution >= 4 is 17.5 Å². The van der Waals surface area contributed by atoms with Gasteiger partial charge in [-0.2, -0.15) is 0 Å². The fourth-order valence-electron chi connectivity index (χ4n) is 3.00. The average Bonchev–Trinajstić information content (AvgIpc) is 2.96. The Hall–Kier alpha value is -1.49. The molecule has 0 radical (unpaired) electrons. The monoisotopic (exact) mass is 351 g/mol. The molecule has 1 aliphatic heterocycles. The Morgan fingerprint density at radius 2 is 1.56 bits per heavy atom. The number of aliphatic imine (C=N–C) groups is 1. The van der Waals surface area contributed by atoms with Crippen LogP contribution >= 0.6 is 0 Å². The molecule has 1 unspecified atom stereocenters. The predicted octanol–water partition coefficient (Wildman–Crippen LogP) is 4.43. The number of hydrogen-bond donors (Lipinski definition) is 2. The summed E-state index contributed by atoms with van der Waals surface area (Å²) in [6.07, 6.45) is 14.7. The van der Waals surface area contributed by atoms with Crippen molar-refractivity contribution in [2.75, 3.05) is 0 Å². The summed E-state index contributed by atoms with van der Waals surface area (Å²) in [5.41, 5.74) is -0.980. The van der Waals surface area contributed by atoms with Crippen LogP contribution < -0.4 is 0 Å². The van der Waals surface area contributed by atoms with E-state index >= 15 is 0 Å². The van der Waals surface area contributed by atoms with Crippen LogP contribution in [-0.4, -0.2) is 33.4 Å². The number of hydrogen-bond acceptors (Lipinski definition) is 4. The summed E-state index contributed by atoms with van der Waals surface area (Å²) < 4.78 is 0. The molecular formula is C20H33NO4. The first-order valence-corrected chi connectivity index (χ1v) is 9.73. The molecular weight excluding hydrogens is 318 g/mol. The fraction of sp³-hybridized carbons (Fsp3) is 0.750. The van der Waals surface area contributed by atoms with Crippen molar-refractivity contribution in [1.29, 1.82) is 0 Å². The smallest absolute Gasteiger partial charge is 0.303 e. The summed E-state index contributed by atoms with van der Waals surface area (Å²) in [7, 11) is 0. The molecule has 0 spiro atoms. The minimum atomic E-state index is -1.33. The lowest BCUT2D eigenvalue weighted by Crippen LogP contribution is -2.22. The van der Waals surface area contributed by atoms with Gasteiger partial charge in [0.25, 0.3) is 0 Å². The van der Waals surface area contributed by atoms with E-state index in [9.17, 15) is 14.7 Å². The van der Waals surface area contributed by atoms with E-state index in [2.05, 4.69) is 11.9 Å². The van der Waals surface area contributed by atoms with Crippen LogP contribution in [0, 0.1) is 0 Å². The molecule has 0 saturated carbocycles. The van der Waals surface area contributed by atoms with Crippen LogP contribution in [0.1, 0.15) is 90.4 Å². The lowest BCUT2D eigenvalue weighted by atomic mass is 10.0. The molecule has 1 rings (SSSR count). The molecule has 5 heteroatoms. The van der Waals surface area contributed by atoms with E-state index in [4.69, 9.17) is 5.11 Å². The van der Waals surface area contributed by atoms with Crippen LogP contribution in [0.15, 0.2) is 17.1 Å². The van der Waals surface area contributed by atoms with E-state index in [-0.39, 0.29) is 12.2 Å². The molecule has 0 bridgehead atoms. The van der Waals surface area contributed by atoms with Gasteiger partial charge in [0, 0.05) is 19.3 Å². The number of ketones is 1. The molecule has 0 aromatic carbocycles. The van der Waals surface area contributed by atoms with Crippen LogP contribution in [0.2, 0.25) is 0 Å². The number of aliphatic hydroxyl groups is 1. The number of unbranched alkanes of at least 4 members (excludes halogenated alkanes) is 8. The maximum absolute atomic E-state index is 12.2. The summed E-state index contributed by atoms with van der Waals surface area (Å²) in [6.45, 7) is 2.21. The molecule has 1 heterocycles. The number of aliphatic carboxylic acids is 1. The zero-order valence-electron chi connectivity index (χ0n) is 15.5. The number of rotatable bonds is 15. The standard InChI is InChI=1S/C20H33NO4/c1-2-3-4-5-6-7-8-9-12-18(22)17-14-16-20(25,21-17)15-11-10-13-19(23)24/h14,16,25H,2-13,15H2,1H3,(H,23,24). The second-order valence-corrected chi connectivity index (χ2v) is 6.96. The molecule has 0 aromatic rings. The molecule has 25 heavy (non-hydrogen) atoms. The number of allylic oxidation sites excluding steroid dienone is 1. The average molecular weight is 351 g/mol. The highest BCUT2D eigenvalue weighted by atomic mass is 16.4. The largest absolute Gasteiger partial charge is 0.481 e. The van der Waals surface area contributed by atoms with E-state index < -0.39 is 11.7 Å². The zero-order valence-corrected chi connectivity index (χ0v) is 15.5. The maximum Gasteiger partial charge on any atom is 0.303 e. The molecule has 1 atom stereocenters. The van der Waals surface area contributed by atoms with Gasteiger partial charge < -0.3 is 10.2 Å². The molecule has 1 aliphatic rings. The van der Waals surface area contributed by atoms with Gasteiger partial charge in [0.05, 0.1) is 0 Å². The number of Topliss-reactive ketones (excluding diaryl/α,β-unsaturated/α-hetero) is 1. The fourth-order valence-corrected chi connectivity index (χ4v) is 3.00. The number of carboxylic acid groups (broad SMARTS) is 1. The molecule has 0 amide bonds. The van der Waals surface area contributed by atoms with Gasteiger partial charge in [-0.25, -0.2) is 4.99 Å². The highest BCUT2D eigenvalue weighted by molar-refractivity contribution is 6.44. The van der Waals surface area contributed by atoms with E-state index in [0.29, 0.717) is 31.4 Å². The first-order valence-electron chi connectivity index (χ1n) is 9.73. The Bertz CT molecular complexity index is 484. The van der Waals surface area contributed by atoms with Crippen molar-refractivity contribution < 1.29 is 19.8 Å². The Balaban J connectivity index is 2.19. The lowest BCUT2D eigenvalue weighted by Gasteiger charge is -2.16. The van der Waals surface area contributed by atoms with Gasteiger partial charge in [-0.1, -0.05) is 51.9 Å². The number of carbonyl (C=O) groups excluding carboxylic acids is 1. The van der Waals surface area contributed by atoms with Crippen LogP contribution in [-0.2, 0) is 9.59 Å². The number of nitrogens with zero attached hydrogens (tertiary/aromatic N) is 1. The van der Waals surface area contributed by atoms with Gasteiger partial charge in [0.15, 0.2) is 11.5 Å². The third-order valence-corrected chi connectivity index (χ3v) is 4.55. The van der Waals surface area contributed by atoms with Gasteiger partial charge in [-0.15, -0.1) is 0 Å². The van der Waals surface area contributed by atoms with Crippen molar-refractivity contribution in [2.24, 2.45) is 4.99 Å². The molecule has 0 aliphatic carbocycles. The topological polar surface area (TPSA) is 87.0 Å². The van der Waals surface area contributed by atoms with Gasteiger partial charge in [-0.3, -0.25) is 9.59 Å².